The van der Waals surface area contributed by atoms with Crippen molar-refractivity contribution < 1.29 is 8.42 Å². The van der Waals surface area contributed by atoms with Crippen molar-refractivity contribution in [3.05, 3.63) is 29.3 Å². The van der Waals surface area contributed by atoms with Crippen LogP contribution in [0, 0.1) is 18.8 Å². The molecule has 1 fully saturated rings. The molecule has 0 bridgehead atoms. The molecule has 1 aromatic rings. The fraction of sp³-hybridized carbons (Fsp3) is 0.500. The zero-order valence-corrected chi connectivity index (χ0v) is 13.2. The number of nitrogens with two attached hydrogens (primary N) is 1. The van der Waals surface area contributed by atoms with Crippen molar-refractivity contribution in [3.63, 3.8) is 0 Å². The highest BCUT2D eigenvalue weighted by Crippen LogP contribution is 2.22. The fourth-order valence-electron chi connectivity index (χ4n) is 2.62. The molecule has 114 valence electrons. The minimum atomic E-state index is -3.49. The summed E-state index contributed by atoms with van der Waals surface area (Å²) in [6.07, 6.45) is 5.22. The third kappa shape index (κ3) is 4.31. The summed E-state index contributed by atoms with van der Waals surface area (Å²) in [6.45, 7) is 2.06. The van der Waals surface area contributed by atoms with Crippen molar-refractivity contribution in [2.24, 2.45) is 5.73 Å². The van der Waals surface area contributed by atoms with E-state index in [0.29, 0.717) is 10.5 Å². The predicted molar refractivity (Wildman–Crippen MR) is 84.3 cm³/mol. The molecule has 1 saturated carbocycles. The van der Waals surface area contributed by atoms with Crippen molar-refractivity contribution in [1.82, 2.24) is 4.72 Å². The van der Waals surface area contributed by atoms with Gasteiger partial charge in [-0.15, -0.1) is 0 Å². The van der Waals surface area contributed by atoms with Crippen molar-refractivity contribution >= 4 is 10.0 Å². The Hall–Kier alpha value is -1.35. The molecule has 0 saturated heterocycles. The van der Waals surface area contributed by atoms with E-state index in [1.807, 2.05) is 6.07 Å². The molecule has 1 aliphatic carbocycles. The monoisotopic (exact) mass is 306 g/mol. The zero-order valence-electron chi connectivity index (χ0n) is 12.4. The van der Waals surface area contributed by atoms with Crippen molar-refractivity contribution in [2.75, 3.05) is 6.54 Å². The van der Waals surface area contributed by atoms with E-state index in [9.17, 15) is 8.42 Å². The first-order valence-corrected chi connectivity index (χ1v) is 8.83. The lowest BCUT2D eigenvalue weighted by atomic mass is 9.96. The quantitative estimate of drug-likeness (QED) is 0.838. The Morgan fingerprint density at radius 1 is 1.29 bits per heavy atom. The number of nitrogens with one attached hydrogen (secondary N) is 1. The van der Waals surface area contributed by atoms with E-state index in [1.54, 1.807) is 19.1 Å². The van der Waals surface area contributed by atoms with Crippen LogP contribution < -0.4 is 10.5 Å². The van der Waals surface area contributed by atoms with Crippen LogP contribution in [0.15, 0.2) is 23.1 Å². The maximum Gasteiger partial charge on any atom is 0.241 e. The van der Waals surface area contributed by atoms with Gasteiger partial charge in [0.25, 0.3) is 0 Å². The van der Waals surface area contributed by atoms with Crippen LogP contribution in [0.2, 0.25) is 0 Å². The van der Waals surface area contributed by atoms with E-state index >= 15 is 0 Å². The van der Waals surface area contributed by atoms with Crippen LogP contribution in [0.4, 0.5) is 0 Å². The third-order valence-corrected chi connectivity index (χ3v) is 5.40. The molecular formula is C16H22N2O2S. The maximum absolute atomic E-state index is 12.6. The first kappa shape index (κ1) is 16.0. The van der Waals surface area contributed by atoms with Crippen LogP contribution in [-0.4, -0.2) is 21.0 Å². The molecule has 3 N–H and O–H groups in total. The SMILES string of the molecule is Cc1ccc(C#CCN)cc1S(=O)(=O)NC1CCCCC1. The highest BCUT2D eigenvalue weighted by molar-refractivity contribution is 7.89. The Morgan fingerprint density at radius 2 is 2.00 bits per heavy atom. The van der Waals surface area contributed by atoms with Crippen LogP contribution in [0.25, 0.3) is 0 Å². The number of hydrogen-bond acceptors (Lipinski definition) is 3. The van der Waals surface area contributed by atoms with Gasteiger partial charge in [0, 0.05) is 11.6 Å². The van der Waals surface area contributed by atoms with Gasteiger partial charge in [-0.3, -0.25) is 0 Å². The number of hydrogen-bond donors (Lipinski definition) is 2. The minimum Gasteiger partial charge on any atom is -0.320 e. The maximum atomic E-state index is 12.6. The van der Waals surface area contributed by atoms with Crippen LogP contribution >= 0.6 is 0 Å². The van der Waals surface area contributed by atoms with E-state index in [1.165, 1.54) is 6.42 Å². The molecule has 0 amide bonds. The van der Waals surface area contributed by atoms with E-state index in [2.05, 4.69) is 16.6 Å². The van der Waals surface area contributed by atoms with Gasteiger partial charge >= 0.3 is 0 Å². The van der Waals surface area contributed by atoms with Gasteiger partial charge in [0.2, 0.25) is 10.0 Å². The highest BCUT2D eigenvalue weighted by atomic mass is 32.2. The topological polar surface area (TPSA) is 72.2 Å². The third-order valence-electron chi connectivity index (χ3n) is 3.74. The molecular weight excluding hydrogens is 284 g/mol. The first-order chi connectivity index (χ1) is 10.0. The fourth-order valence-corrected chi connectivity index (χ4v) is 4.20. The second-order valence-electron chi connectivity index (χ2n) is 5.44. The number of sulfonamides is 1. The first-order valence-electron chi connectivity index (χ1n) is 7.35. The van der Waals surface area contributed by atoms with E-state index < -0.39 is 10.0 Å². The normalized spacial score (nSPS) is 16.3. The standard InChI is InChI=1S/C16H22N2O2S/c1-13-9-10-14(6-5-11-17)12-16(13)21(19,20)18-15-7-3-2-4-8-15/h9-10,12,15,18H,2-4,7-8,11,17H2,1H3. The second-order valence-corrected chi connectivity index (χ2v) is 7.12. The van der Waals surface area contributed by atoms with Gasteiger partial charge in [-0.05, 0) is 37.5 Å². The summed E-state index contributed by atoms with van der Waals surface area (Å²) in [4.78, 5) is 0.317. The van der Waals surface area contributed by atoms with Gasteiger partial charge in [0.15, 0.2) is 0 Å². The summed E-state index contributed by atoms with van der Waals surface area (Å²) in [5.41, 5.74) is 6.76. The average molecular weight is 306 g/mol. The average Bonchev–Trinajstić information content (AvgIpc) is 2.47. The molecule has 0 unspecified atom stereocenters. The van der Waals surface area contributed by atoms with Crippen LogP contribution in [-0.2, 0) is 10.0 Å². The van der Waals surface area contributed by atoms with Crippen LogP contribution in [0.5, 0.6) is 0 Å². The molecule has 2 rings (SSSR count). The van der Waals surface area contributed by atoms with E-state index in [-0.39, 0.29) is 12.6 Å². The molecule has 1 aliphatic rings. The Morgan fingerprint density at radius 3 is 2.67 bits per heavy atom. The van der Waals surface area contributed by atoms with Crippen molar-refractivity contribution in [2.45, 2.75) is 50.0 Å². The lowest BCUT2D eigenvalue weighted by Gasteiger charge is -2.23. The summed E-state index contributed by atoms with van der Waals surface area (Å²) in [5.74, 6) is 5.63. The van der Waals surface area contributed by atoms with E-state index in [4.69, 9.17) is 5.73 Å². The van der Waals surface area contributed by atoms with Crippen molar-refractivity contribution in [3.8, 4) is 11.8 Å². The number of rotatable bonds is 3. The molecule has 1 aromatic carbocycles. The van der Waals surface area contributed by atoms with Crippen LogP contribution in [0.1, 0.15) is 43.2 Å². The highest BCUT2D eigenvalue weighted by Gasteiger charge is 2.23. The zero-order chi connectivity index (χ0) is 15.3. The molecule has 0 aliphatic heterocycles. The molecule has 0 spiro atoms. The number of benzene rings is 1. The lowest BCUT2D eigenvalue weighted by molar-refractivity contribution is 0.412. The summed E-state index contributed by atoms with van der Waals surface area (Å²) >= 11 is 0. The molecule has 4 nitrogen and oxygen atoms in total. The summed E-state index contributed by atoms with van der Waals surface area (Å²) in [7, 11) is -3.49. The molecule has 0 aromatic heterocycles. The minimum absolute atomic E-state index is 0.0573. The Labute approximate surface area is 127 Å². The molecule has 0 heterocycles. The smallest absolute Gasteiger partial charge is 0.241 e. The molecule has 0 atom stereocenters. The van der Waals surface area contributed by atoms with Crippen LogP contribution in [0.3, 0.4) is 0 Å². The summed E-state index contributed by atoms with van der Waals surface area (Å²) in [6, 6.07) is 5.29. The van der Waals surface area contributed by atoms with Gasteiger partial charge in [0.05, 0.1) is 11.4 Å². The summed E-state index contributed by atoms with van der Waals surface area (Å²) < 4.78 is 28.0. The summed E-state index contributed by atoms with van der Waals surface area (Å²) in [5, 5.41) is 0. The predicted octanol–water partition coefficient (Wildman–Crippen LogP) is 1.92. The molecule has 5 heteroatoms. The number of aryl methyl sites for hydroxylation is 1. The van der Waals surface area contributed by atoms with Gasteiger partial charge in [-0.1, -0.05) is 37.2 Å². The van der Waals surface area contributed by atoms with E-state index in [0.717, 1.165) is 31.2 Å². The van der Waals surface area contributed by atoms with Gasteiger partial charge in [0.1, 0.15) is 0 Å². The Balaban J connectivity index is 2.25. The van der Waals surface area contributed by atoms with Crippen molar-refractivity contribution in [1.29, 1.82) is 0 Å². The molecule has 0 radical (unpaired) electrons. The Kier molecular flexibility index (Phi) is 5.40. The Bertz CT molecular complexity index is 651. The van der Waals surface area contributed by atoms with Gasteiger partial charge < -0.3 is 5.73 Å². The largest absolute Gasteiger partial charge is 0.320 e. The second kappa shape index (κ2) is 7.08. The lowest BCUT2D eigenvalue weighted by Crippen LogP contribution is -2.36. The van der Waals surface area contributed by atoms with Gasteiger partial charge in [-0.25, -0.2) is 13.1 Å². The van der Waals surface area contributed by atoms with Gasteiger partial charge in [-0.2, -0.15) is 0 Å². The molecule has 21 heavy (non-hydrogen) atoms.